The van der Waals surface area contributed by atoms with E-state index in [1.165, 1.54) is 22.0 Å². The number of nitrogens with zero attached hydrogens (tertiary/aromatic N) is 4. The molecule has 0 aliphatic rings. The molecule has 4 amide bonds. The van der Waals surface area contributed by atoms with Crippen LogP contribution in [0.4, 0.5) is 16.5 Å². The van der Waals surface area contributed by atoms with Gasteiger partial charge in [-0.3, -0.25) is 19.2 Å². The van der Waals surface area contributed by atoms with Gasteiger partial charge < -0.3 is 35.7 Å². The topological polar surface area (TPSA) is 156 Å². The van der Waals surface area contributed by atoms with Crippen LogP contribution in [0.15, 0.2) is 24.5 Å². The summed E-state index contributed by atoms with van der Waals surface area (Å²) in [6, 6.07) is 3.03. The van der Waals surface area contributed by atoms with E-state index in [4.69, 9.17) is 5.73 Å². The van der Waals surface area contributed by atoms with Crippen molar-refractivity contribution < 1.29 is 19.2 Å². The van der Waals surface area contributed by atoms with Gasteiger partial charge in [0.25, 0.3) is 17.7 Å². The fraction of sp³-hybridized carbons (Fsp3) is 0.400. The molecular formula is C25H34N8O4S. The number of nitrogens with one attached hydrogen (secondary N) is 3. The van der Waals surface area contributed by atoms with Crippen molar-refractivity contribution >= 4 is 51.5 Å². The summed E-state index contributed by atoms with van der Waals surface area (Å²) >= 11 is 1.28. The number of amides is 4. The van der Waals surface area contributed by atoms with Crippen molar-refractivity contribution in [2.24, 2.45) is 19.8 Å². The molecule has 0 radical (unpaired) electrons. The quantitative estimate of drug-likeness (QED) is 0.292. The first-order valence-corrected chi connectivity index (χ1v) is 12.9. The smallest absolute Gasteiger partial charge is 0.275 e. The van der Waals surface area contributed by atoms with Crippen LogP contribution in [0.1, 0.15) is 68.9 Å². The standard InChI is InChI=1S/C25H34N8O4S/c1-14(2)21-20(30-25(38-21)29-19(34)8-7-9-31(3)4)24(37)28-16-11-18(33(6)13-16)23(36)27-15-10-17(22(26)35)32(5)12-15/h10-14H,7-9H2,1-6H3,(H2,26,35)(H,27,36)(H,28,37)(H,29,30,34). The van der Waals surface area contributed by atoms with E-state index < -0.39 is 17.7 Å². The minimum Gasteiger partial charge on any atom is -0.364 e. The molecule has 0 aromatic carbocycles. The van der Waals surface area contributed by atoms with Crippen LogP contribution in [0.5, 0.6) is 0 Å². The SMILES string of the molecule is CC(C)c1sc(NC(=O)CCCN(C)C)nc1C(=O)Nc1cc(C(=O)Nc2cc(C(N)=O)n(C)c2)n(C)c1. The Morgan fingerprint density at radius 2 is 1.55 bits per heavy atom. The van der Waals surface area contributed by atoms with E-state index in [0.29, 0.717) is 22.9 Å². The maximum atomic E-state index is 13.1. The summed E-state index contributed by atoms with van der Waals surface area (Å²) in [7, 11) is 7.23. The third-order valence-corrected chi connectivity index (χ3v) is 6.93. The molecule has 12 nitrogen and oxygen atoms in total. The number of rotatable bonds is 11. The molecule has 0 aliphatic heterocycles. The zero-order chi connectivity index (χ0) is 28.1. The minimum absolute atomic E-state index is 0.0147. The predicted molar refractivity (Wildman–Crippen MR) is 148 cm³/mol. The molecule has 0 spiro atoms. The van der Waals surface area contributed by atoms with Crippen molar-refractivity contribution in [2.75, 3.05) is 36.6 Å². The summed E-state index contributed by atoms with van der Waals surface area (Å²) in [5.41, 5.74) is 6.93. The fourth-order valence-electron chi connectivity index (χ4n) is 3.80. The van der Waals surface area contributed by atoms with Crippen LogP contribution in [0.3, 0.4) is 0 Å². The predicted octanol–water partition coefficient (Wildman–Crippen LogP) is 2.83. The van der Waals surface area contributed by atoms with Crippen molar-refractivity contribution in [1.82, 2.24) is 19.0 Å². The normalized spacial score (nSPS) is 11.2. The van der Waals surface area contributed by atoms with Gasteiger partial charge in [-0.2, -0.15) is 0 Å². The van der Waals surface area contributed by atoms with Crippen molar-refractivity contribution in [3.63, 3.8) is 0 Å². The number of primary amides is 1. The second-order valence-corrected chi connectivity index (χ2v) is 10.6. The number of nitrogens with two attached hydrogens (primary N) is 1. The second kappa shape index (κ2) is 12.0. The first kappa shape index (κ1) is 28.6. The van der Waals surface area contributed by atoms with Crippen molar-refractivity contribution in [3.8, 4) is 0 Å². The lowest BCUT2D eigenvalue weighted by Crippen LogP contribution is -2.17. The van der Waals surface area contributed by atoms with Crippen molar-refractivity contribution in [1.29, 1.82) is 0 Å². The first-order chi connectivity index (χ1) is 17.8. The molecule has 204 valence electrons. The number of hydrogen-bond donors (Lipinski definition) is 4. The van der Waals surface area contributed by atoms with E-state index in [9.17, 15) is 19.2 Å². The van der Waals surface area contributed by atoms with E-state index >= 15 is 0 Å². The molecule has 13 heteroatoms. The number of hydrogen-bond acceptors (Lipinski definition) is 7. The lowest BCUT2D eigenvalue weighted by atomic mass is 10.1. The zero-order valence-electron chi connectivity index (χ0n) is 22.4. The van der Waals surface area contributed by atoms with Crippen LogP contribution in [0.2, 0.25) is 0 Å². The van der Waals surface area contributed by atoms with E-state index in [1.807, 2.05) is 32.8 Å². The average Bonchev–Trinajstić information content (AvgIpc) is 3.50. The number of anilines is 3. The Labute approximate surface area is 225 Å². The zero-order valence-corrected chi connectivity index (χ0v) is 23.2. The molecule has 0 bridgehead atoms. The van der Waals surface area contributed by atoms with E-state index in [1.54, 1.807) is 37.1 Å². The van der Waals surface area contributed by atoms with Crippen LogP contribution in [-0.2, 0) is 18.9 Å². The summed E-state index contributed by atoms with van der Waals surface area (Å²) in [5, 5.41) is 8.69. The van der Waals surface area contributed by atoms with Crippen LogP contribution in [0, 0.1) is 0 Å². The molecule has 3 heterocycles. The van der Waals surface area contributed by atoms with E-state index in [2.05, 4.69) is 20.9 Å². The Morgan fingerprint density at radius 1 is 0.974 bits per heavy atom. The van der Waals surface area contributed by atoms with Crippen LogP contribution < -0.4 is 21.7 Å². The lowest BCUT2D eigenvalue weighted by molar-refractivity contribution is -0.116. The van der Waals surface area contributed by atoms with E-state index in [0.717, 1.165) is 17.8 Å². The summed E-state index contributed by atoms with van der Waals surface area (Å²) in [5.74, 6) is -1.61. The van der Waals surface area contributed by atoms with Crippen molar-refractivity contribution in [3.05, 3.63) is 46.5 Å². The molecule has 0 fully saturated rings. The number of carbonyl (C=O) groups is 4. The van der Waals surface area contributed by atoms with Gasteiger partial charge in [-0.05, 0) is 45.1 Å². The molecule has 3 aromatic rings. The lowest BCUT2D eigenvalue weighted by Gasteiger charge is -2.08. The Hall–Kier alpha value is -3.97. The van der Waals surface area contributed by atoms with Crippen LogP contribution in [-0.4, -0.2) is 63.3 Å². The summed E-state index contributed by atoms with van der Waals surface area (Å²) in [6.45, 7) is 4.70. The molecule has 0 aliphatic carbocycles. The Bertz CT molecular complexity index is 1350. The van der Waals surface area contributed by atoms with Gasteiger partial charge in [0.05, 0.1) is 11.4 Å². The number of carbonyl (C=O) groups excluding carboxylic acids is 4. The average molecular weight is 543 g/mol. The third kappa shape index (κ3) is 7.07. The Morgan fingerprint density at radius 3 is 2.11 bits per heavy atom. The van der Waals surface area contributed by atoms with Gasteiger partial charge in [-0.1, -0.05) is 13.8 Å². The van der Waals surface area contributed by atoms with Gasteiger partial charge in [-0.25, -0.2) is 4.98 Å². The highest BCUT2D eigenvalue weighted by Gasteiger charge is 2.23. The molecule has 3 aromatic heterocycles. The highest BCUT2D eigenvalue weighted by Crippen LogP contribution is 2.31. The van der Waals surface area contributed by atoms with Gasteiger partial charge in [0, 0.05) is 37.8 Å². The Kier molecular flexibility index (Phi) is 9.07. The Balaban J connectivity index is 1.71. The molecule has 0 saturated carbocycles. The maximum absolute atomic E-state index is 13.1. The van der Waals surface area contributed by atoms with Gasteiger partial charge in [-0.15, -0.1) is 11.3 Å². The van der Waals surface area contributed by atoms with Crippen LogP contribution >= 0.6 is 11.3 Å². The molecule has 5 N–H and O–H groups in total. The number of thiazole rings is 1. The van der Waals surface area contributed by atoms with Gasteiger partial charge in [0.15, 0.2) is 5.13 Å². The summed E-state index contributed by atoms with van der Waals surface area (Å²) in [6.07, 6.45) is 4.27. The second-order valence-electron chi connectivity index (χ2n) is 9.56. The first-order valence-electron chi connectivity index (χ1n) is 12.1. The third-order valence-electron chi connectivity index (χ3n) is 5.66. The summed E-state index contributed by atoms with van der Waals surface area (Å²) in [4.78, 5) is 56.9. The summed E-state index contributed by atoms with van der Waals surface area (Å²) < 4.78 is 3.10. The van der Waals surface area contributed by atoms with Gasteiger partial charge in [0.2, 0.25) is 5.91 Å². The fourth-order valence-corrected chi connectivity index (χ4v) is 4.78. The molecule has 3 rings (SSSR count). The molecule has 38 heavy (non-hydrogen) atoms. The van der Waals surface area contributed by atoms with Gasteiger partial charge in [0.1, 0.15) is 17.1 Å². The highest BCUT2D eigenvalue weighted by molar-refractivity contribution is 7.16. The highest BCUT2D eigenvalue weighted by atomic mass is 32.1. The minimum atomic E-state index is -0.605. The maximum Gasteiger partial charge on any atom is 0.275 e. The molecule has 0 unspecified atom stereocenters. The molecular weight excluding hydrogens is 508 g/mol. The van der Waals surface area contributed by atoms with Crippen LogP contribution in [0.25, 0.3) is 0 Å². The van der Waals surface area contributed by atoms with Gasteiger partial charge >= 0.3 is 0 Å². The van der Waals surface area contributed by atoms with E-state index in [-0.39, 0.29) is 28.9 Å². The molecule has 0 atom stereocenters. The number of aryl methyl sites for hydroxylation is 2. The largest absolute Gasteiger partial charge is 0.364 e. The molecule has 0 saturated heterocycles. The monoisotopic (exact) mass is 542 g/mol. The van der Waals surface area contributed by atoms with Crippen molar-refractivity contribution in [2.45, 2.75) is 32.6 Å². The number of aromatic nitrogens is 3.